The maximum atomic E-state index is 3.27. The molecular formula is C11H17NS. The summed E-state index contributed by atoms with van der Waals surface area (Å²) >= 11 is 1.96. The predicted molar refractivity (Wildman–Crippen MR) is 58.4 cm³/mol. The number of hydrogen-bond acceptors (Lipinski definition) is 2. The van der Waals surface area contributed by atoms with E-state index in [1.54, 1.807) is 4.88 Å². The Kier molecular flexibility index (Phi) is 2.20. The Hall–Kier alpha value is -0.340. The summed E-state index contributed by atoms with van der Waals surface area (Å²) in [5, 5.41) is 3.27. The standard InChI is InChI=1S/C11H17NS/c1-8-4-5-10(13-8)11(2)6-9(11)7-12-3/h4-5,9,12H,6-7H2,1-3H3. The Morgan fingerprint density at radius 1 is 1.62 bits per heavy atom. The number of nitrogens with one attached hydrogen (secondary N) is 1. The van der Waals surface area contributed by atoms with Gasteiger partial charge in [0.25, 0.3) is 0 Å². The SMILES string of the molecule is CNCC1CC1(C)c1ccc(C)s1. The maximum Gasteiger partial charge on any atom is 0.0110 e. The number of rotatable bonds is 3. The molecular weight excluding hydrogens is 178 g/mol. The van der Waals surface area contributed by atoms with Gasteiger partial charge in [0.1, 0.15) is 0 Å². The summed E-state index contributed by atoms with van der Waals surface area (Å²) in [6, 6.07) is 4.54. The zero-order chi connectivity index (χ0) is 9.47. The largest absolute Gasteiger partial charge is 0.319 e. The minimum Gasteiger partial charge on any atom is -0.319 e. The predicted octanol–water partition coefficient (Wildman–Crippen LogP) is 2.55. The highest BCUT2D eigenvalue weighted by Crippen LogP contribution is 2.55. The fourth-order valence-electron chi connectivity index (χ4n) is 2.04. The van der Waals surface area contributed by atoms with Crippen LogP contribution in [0.5, 0.6) is 0 Å². The van der Waals surface area contributed by atoms with Crippen molar-refractivity contribution in [3.8, 4) is 0 Å². The minimum atomic E-state index is 0.488. The molecule has 0 saturated heterocycles. The second kappa shape index (κ2) is 3.10. The number of thiophene rings is 1. The lowest BCUT2D eigenvalue weighted by Gasteiger charge is -2.07. The molecule has 0 aromatic carbocycles. The molecule has 2 unspecified atom stereocenters. The lowest BCUT2D eigenvalue weighted by Crippen LogP contribution is -2.14. The number of aryl methyl sites for hydroxylation is 1. The summed E-state index contributed by atoms with van der Waals surface area (Å²) in [5.41, 5.74) is 0.488. The fraction of sp³-hybridized carbons (Fsp3) is 0.636. The molecule has 2 atom stereocenters. The Morgan fingerprint density at radius 2 is 2.38 bits per heavy atom. The minimum absolute atomic E-state index is 0.488. The van der Waals surface area contributed by atoms with Gasteiger partial charge in [-0.25, -0.2) is 0 Å². The summed E-state index contributed by atoms with van der Waals surface area (Å²) < 4.78 is 0. The zero-order valence-corrected chi connectivity index (χ0v) is 9.37. The molecule has 0 aliphatic heterocycles. The van der Waals surface area contributed by atoms with E-state index in [1.165, 1.54) is 11.3 Å². The fourth-order valence-corrected chi connectivity index (χ4v) is 3.14. The van der Waals surface area contributed by atoms with E-state index in [1.807, 2.05) is 18.4 Å². The molecule has 1 saturated carbocycles. The Balaban J connectivity index is 2.11. The van der Waals surface area contributed by atoms with E-state index in [0.717, 1.165) is 12.5 Å². The van der Waals surface area contributed by atoms with E-state index in [0.29, 0.717) is 5.41 Å². The first-order valence-corrected chi connectivity index (χ1v) is 5.70. The van der Waals surface area contributed by atoms with Gasteiger partial charge in [0, 0.05) is 15.2 Å². The molecule has 1 N–H and O–H groups in total. The Morgan fingerprint density at radius 3 is 2.92 bits per heavy atom. The zero-order valence-electron chi connectivity index (χ0n) is 8.55. The van der Waals surface area contributed by atoms with Gasteiger partial charge in [-0.15, -0.1) is 11.3 Å². The summed E-state index contributed by atoms with van der Waals surface area (Å²) in [4.78, 5) is 3.01. The highest BCUT2D eigenvalue weighted by Gasteiger charge is 2.51. The summed E-state index contributed by atoms with van der Waals surface area (Å²) in [5.74, 6) is 0.857. The van der Waals surface area contributed by atoms with E-state index in [-0.39, 0.29) is 0 Å². The normalized spacial score (nSPS) is 32.1. The molecule has 1 aliphatic carbocycles. The highest BCUT2D eigenvalue weighted by molar-refractivity contribution is 7.12. The van der Waals surface area contributed by atoms with Crippen molar-refractivity contribution in [3.05, 3.63) is 21.9 Å². The Bertz CT molecular complexity index is 305. The second-order valence-corrected chi connectivity index (χ2v) is 5.57. The van der Waals surface area contributed by atoms with E-state index in [4.69, 9.17) is 0 Å². The third kappa shape index (κ3) is 1.53. The van der Waals surface area contributed by atoms with Gasteiger partial charge >= 0.3 is 0 Å². The van der Waals surface area contributed by atoms with Crippen molar-refractivity contribution in [2.24, 2.45) is 5.92 Å². The van der Waals surface area contributed by atoms with Crippen LogP contribution in [0.25, 0.3) is 0 Å². The molecule has 2 heteroatoms. The highest BCUT2D eigenvalue weighted by atomic mass is 32.1. The van der Waals surface area contributed by atoms with Crippen LogP contribution in [-0.4, -0.2) is 13.6 Å². The molecule has 72 valence electrons. The average Bonchev–Trinajstić information content (AvgIpc) is 2.57. The molecule has 1 aliphatic rings. The van der Waals surface area contributed by atoms with Crippen LogP contribution in [0, 0.1) is 12.8 Å². The molecule has 1 aromatic heterocycles. The van der Waals surface area contributed by atoms with Gasteiger partial charge < -0.3 is 5.32 Å². The van der Waals surface area contributed by atoms with Crippen molar-refractivity contribution in [2.75, 3.05) is 13.6 Å². The molecule has 0 bridgehead atoms. The van der Waals surface area contributed by atoms with Crippen molar-refractivity contribution in [1.29, 1.82) is 0 Å². The monoisotopic (exact) mass is 195 g/mol. The smallest absolute Gasteiger partial charge is 0.0110 e. The first-order valence-electron chi connectivity index (χ1n) is 4.88. The Labute approximate surface area is 84.2 Å². The van der Waals surface area contributed by atoms with Gasteiger partial charge in [-0.1, -0.05) is 6.92 Å². The lowest BCUT2D eigenvalue weighted by atomic mass is 10.0. The van der Waals surface area contributed by atoms with Gasteiger partial charge in [-0.2, -0.15) is 0 Å². The van der Waals surface area contributed by atoms with Gasteiger partial charge in [0.05, 0.1) is 0 Å². The molecule has 1 heterocycles. The van der Waals surface area contributed by atoms with E-state index in [2.05, 4.69) is 31.3 Å². The molecule has 1 nitrogen and oxygen atoms in total. The van der Waals surface area contributed by atoms with Crippen LogP contribution in [0.3, 0.4) is 0 Å². The van der Waals surface area contributed by atoms with Crippen LogP contribution >= 0.6 is 11.3 Å². The van der Waals surface area contributed by atoms with Crippen LogP contribution in [0.1, 0.15) is 23.1 Å². The van der Waals surface area contributed by atoms with Crippen molar-refractivity contribution >= 4 is 11.3 Å². The molecule has 1 fully saturated rings. The molecule has 13 heavy (non-hydrogen) atoms. The summed E-state index contributed by atoms with van der Waals surface area (Å²) in [7, 11) is 2.04. The first kappa shape index (κ1) is 9.22. The van der Waals surface area contributed by atoms with Gasteiger partial charge in [-0.3, -0.25) is 0 Å². The van der Waals surface area contributed by atoms with E-state index < -0.39 is 0 Å². The maximum absolute atomic E-state index is 3.27. The van der Waals surface area contributed by atoms with Crippen LogP contribution < -0.4 is 5.32 Å². The van der Waals surface area contributed by atoms with Crippen LogP contribution in [-0.2, 0) is 5.41 Å². The van der Waals surface area contributed by atoms with E-state index in [9.17, 15) is 0 Å². The summed E-state index contributed by atoms with van der Waals surface area (Å²) in [6.45, 7) is 5.74. The van der Waals surface area contributed by atoms with Crippen LogP contribution in [0.15, 0.2) is 12.1 Å². The van der Waals surface area contributed by atoms with Crippen molar-refractivity contribution in [1.82, 2.24) is 5.32 Å². The lowest BCUT2D eigenvalue weighted by molar-refractivity contribution is 0.624. The third-order valence-electron chi connectivity index (χ3n) is 3.17. The molecule has 1 aromatic rings. The quantitative estimate of drug-likeness (QED) is 0.781. The molecule has 0 radical (unpaired) electrons. The third-order valence-corrected chi connectivity index (χ3v) is 4.45. The van der Waals surface area contributed by atoms with Crippen LogP contribution in [0.2, 0.25) is 0 Å². The van der Waals surface area contributed by atoms with Crippen LogP contribution in [0.4, 0.5) is 0 Å². The van der Waals surface area contributed by atoms with Gasteiger partial charge in [-0.05, 0) is 45.0 Å². The number of hydrogen-bond donors (Lipinski definition) is 1. The van der Waals surface area contributed by atoms with E-state index >= 15 is 0 Å². The molecule has 2 rings (SSSR count). The topological polar surface area (TPSA) is 12.0 Å². The van der Waals surface area contributed by atoms with Gasteiger partial charge in [0.15, 0.2) is 0 Å². The second-order valence-electron chi connectivity index (χ2n) is 4.29. The molecule has 0 spiro atoms. The molecule has 0 amide bonds. The summed E-state index contributed by atoms with van der Waals surface area (Å²) in [6.07, 6.45) is 1.35. The van der Waals surface area contributed by atoms with Crippen molar-refractivity contribution in [3.63, 3.8) is 0 Å². The first-order chi connectivity index (χ1) is 6.16. The van der Waals surface area contributed by atoms with Gasteiger partial charge in [0.2, 0.25) is 0 Å². The average molecular weight is 195 g/mol. The van der Waals surface area contributed by atoms with Crippen molar-refractivity contribution in [2.45, 2.75) is 25.7 Å². The van der Waals surface area contributed by atoms with Crippen molar-refractivity contribution < 1.29 is 0 Å².